The van der Waals surface area contributed by atoms with Crippen molar-refractivity contribution in [2.45, 2.75) is 33.6 Å². The van der Waals surface area contributed by atoms with E-state index in [2.05, 4.69) is 5.32 Å². The van der Waals surface area contributed by atoms with Crippen LogP contribution in [0.3, 0.4) is 0 Å². The first kappa shape index (κ1) is 17.2. The lowest BCUT2D eigenvalue weighted by molar-refractivity contribution is -0.144. The molecule has 1 N–H and O–H groups in total. The maximum absolute atomic E-state index is 11.8. The molecule has 0 atom stereocenters. The second-order valence-electron chi connectivity index (χ2n) is 4.17. The minimum atomic E-state index is -0.470. The molecule has 0 radical (unpaired) electrons. The molecule has 0 fully saturated rings. The van der Waals surface area contributed by atoms with Crippen LogP contribution in [0.25, 0.3) is 0 Å². The van der Waals surface area contributed by atoms with Gasteiger partial charge in [0.05, 0.1) is 25.2 Å². The number of aryl methyl sites for hydroxylation is 1. The molecule has 7 heteroatoms. The molecule has 1 rings (SSSR count). The highest BCUT2D eigenvalue weighted by molar-refractivity contribution is 7.16. The number of carbonyl (C=O) groups is 3. The number of amides is 1. The zero-order chi connectivity index (χ0) is 15.8. The van der Waals surface area contributed by atoms with Crippen molar-refractivity contribution in [3.8, 4) is 0 Å². The highest BCUT2D eigenvalue weighted by atomic mass is 32.1. The molecule has 0 aliphatic carbocycles. The van der Waals surface area contributed by atoms with E-state index in [0.717, 1.165) is 4.88 Å². The molecule has 0 unspecified atom stereocenters. The van der Waals surface area contributed by atoms with Gasteiger partial charge in [0, 0.05) is 11.3 Å². The van der Waals surface area contributed by atoms with E-state index in [0.29, 0.717) is 10.6 Å². The van der Waals surface area contributed by atoms with Crippen LogP contribution in [0, 0.1) is 6.92 Å². The van der Waals surface area contributed by atoms with Crippen molar-refractivity contribution < 1.29 is 23.9 Å². The third-order valence-electron chi connectivity index (χ3n) is 2.47. The maximum Gasteiger partial charge on any atom is 0.341 e. The molecule has 1 aromatic heterocycles. The Labute approximate surface area is 127 Å². The second-order valence-corrected chi connectivity index (χ2v) is 5.43. The molecule has 1 heterocycles. The Morgan fingerprint density at radius 1 is 1.14 bits per heavy atom. The molecule has 0 spiro atoms. The second kappa shape index (κ2) is 8.41. The number of nitrogens with one attached hydrogen (secondary N) is 1. The third kappa shape index (κ3) is 5.55. The lowest BCUT2D eigenvalue weighted by Gasteiger charge is -2.06. The van der Waals surface area contributed by atoms with Gasteiger partial charge >= 0.3 is 11.9 Å². The first-order chi connectivity index (χ1) is 9.97. The summed E-state index contributed by atoms with van der Waals surface area (Å²) < 4.78 is 9.69. The van der Waals surface area contributed by atoms with E-state index in [1.165, 1.54) is 11.3 Å². The van der Waals surface area contributed by atoms with Gasteiger partial charge in [0.1, 0.15) is 5.00 Å². The summed E-state index contributed by atoms with van der Waals surface area (Å²) in [4.78, 5) is 35.6. The Bertz CT molecular complexity index is 523. The Kier molecular flexibility index (Phi) is 6.87. The molecule has 1 amide bonds. The van der Waals surface area contributed by atoms with Crippen LogP contribution in [0.15, 0.2) is 6.07 Å². The van der Waals surface area contributed by atoms with E-state index in [1.54, 1.807) is 19.9 Å². The summed E-state index contributed by atoms with van der Waals surface area (Å²) >= 11 is 1.29. The van der Waals surface area contributed by atoms with Crippen molar-refractivity contribution in [1.29, 1.82) is 0 Å². The van der Waals surface area contributed by atoms with Gasteiger partial charge < -0.3 is 14.8 Å². The highest BCUT2D eigenvalue weighted by Gasteiger charge is 2.18. The SMILES string of the molecule is CCOC(=O)CCC(=O)Nc1sc(C)cc1C(=O)OCC. The van der Waals surface area contributed by atoms with Crippen LogP contribution < -0.4 is 5.32 Å². The summed E-state index contributed by atoms with van der Waals surface area (Å²) in [6, 6.07) is 1.67. The number of rotatable bonds is 7. The fraction of sp³-hybridized carbons (Fsp3) is 0.500. The number of esters is 2. The molecule has 6 nitrogen and oxygen atoms in total. The van der Waals surface area contributed by atoms with Crippen LogP contribution in [0.2, 0.25) is 0 Å². The van der Waals surface area contributed by atoms with E-state index in [9.17, 15) is 14.4 Å². The van der Waals surface area contributed by atoms with Crippen LogP contribution in [0.4, 0.5) is 5.00 Å². The normalized spacial score (nSPS) is 10.0. The summed E-state index contributed by atoms with van der Waals surface area (Å²) in [5.74, 6) is -1.22. The molecule has 0 saturated carbocycles. The number of carbonyl (C=O) groups excluding carboxylic acids is 3. The van der Waals surface area contributed by atoms with Gasteiger partial charge in [-0.25, -0.2) is 4.79 Å². The fourth-order valence-corrected chi connectivity index (χ4v) is 2.52. The van der Waals surface area contributed by atoms with Crippen molar-refractivity contribution in [2.75, 3.05) is 18.5 Å². The fourth-order valence-electron chi connectivity index (χ4n) is 1.61. The maximum atomic E-state index is 11.8. The predicted molar refractivity (Wildman–Crippen MR) is 79.5 cm³/mol. The molecule has 0 bridgehead atoms. The van der Waals surface area contributed by atoms with E-state index in [1.807, 2.05) is 6.92 Å². The monoisotopic (exact) mass is 313 g/mol. The molecule has 0 aliphatic rings. The average molecular weight is 313 g/mol. The van der Waals surface area contributed by atoms with Crippen molar-refractivity contribution >= 4 is 34.2 Å². The van der Waals surface area contributed by atoms with E-state index < -0.39 is 11.9 Å². The van der Waals surface area contributed by atoms with Gasteiger partial charge in [-0.3, -0.25) is 9.59 Å². The minimum Gasteiger partial charge on any atom is -0.466 e. The number of hydrogen-bond acceptors (Lipinski definition) is 6. The van der Waals surface area contributed by atoms with Crippen LogP contribution in [0.5, 0.6) is 0 Å². The Morgan fingerprint density at radius 2 is 1.81 bits per heavy atom. The van der Waals surface area contributed by atoms with Gasteiger partial charge in [0.15, 0.2) is 0 Å². The van der Waals surface area contributed by atoms with Crippen LogP contribution in [-0.2, 0) is 19.1 Å². The lowest BCUT2D eigenvalue weighted by Crippen LogP contribution is -2.16. The summed E-state index contributed by atoms with van der Waals surface area (Å²) in [6.07, 6.45) is 0.0246. The van der Waals surface area contributed by atoms with E-state index in [4.69, 9.17) is 9.47 Å². The van der Waals surface area contributed by atoms with Crippen molar-refractivity contribution in [3.63, 3.8) is 0 Å². The summed E-state index contributed by atoms with van der Waals surface area (Å²) in [5.41, 5.74) is 0.337. The molecule has 1 aromatic rings. The van der Waals surface area contributed by atoms with E-state index >= 15 is 0 Å². The standard InChI is InChI=1S/C14H19NO5S/c1-4-19-12(17)7-6-11(16)15-13-10(8-9(3)21-13)14(18)20-5-2/h8H,4-7H2,1-3H3,(H,15,16). The summed E-state index contributed by atoms with van der Waals surface area (Å²) in [7, 11) is 0. The van der Waals surface area contributed by atoms with E-state index in [-0.39, 0.29) is 32.0 Å². The first-order valence-corrected chi connectivity index (χ1v) is 7.52. The Hall–Kier alpha value is -1.89. The quantitative estimate of drug-likeness (QED) is 0.782. The predicted octanol–water partition coefficient (Wildman–Crippen LogP) is 2.52. The first-order valence-electron chi connectivity index (χ1n) is 6.70. The molecule has 116 valence electrons. The van der Waals surface area contributed by atoms with Gasteiger partial charge in [-0.2, -0.15) is 0 Å². The van der Waals surface area contributed by atoms with Crippen molar-refractivity contribution in [1.82, 2.24) is 0 Å². The topological polar surface area (TPSA) is 81.7 Å². The largest absolute Gasteiger partial charge is 0.466 e. The Balaban J connectivity index is 2.63. The Morgan fingerprint density at radius 3 is 2.43 bits per heavy atom. The summed E-state index contributed by atoms with van der Waals surface area (Å²) in [6.45, 7) is 5.82. The number of ether oxygens (including phenoxy) is 2. The lowest BCUT2D eigenvalue weighted by atomic mass is 10.2. The van der Waals surface area contributed by atoms with Crippen LogP contribution >= 0.6 is 11.3 Å². The zero-order valence-corrected chi connectivity index (χ0v) is 13.2. The third-order valence-corrected chi connectivity index (χ3v) is 3.43. The highest BCUT2D eigenvalue weighted by Crippen LogP contribution is 2.28. The average Bonchev–Trinajstić information content (AvgIpc) is 2.78. The van der Waals surface area contributed by atoms with Gasteiger partial charge in [-0.1, -0.05) is 0 Å². The van der Waals surface area contributed by atoms with Gasteiger partial charge in [0.2, 0.25) is 5.91 Å². The van der Waals surface area contributed by atoms with Gasteiger partial charge in [-0.05, 0) is 26.8 Å². The molecule has 0 saturated heterocycles. The zero-order valence-electron chi connectivity index (χ0n) is 12.4. The molecule has 0 aliphatic heterocycles. The number of anilines is 1. The van der Waals surface area contributed by atoms with Gasteiger partial charge in [-0.15, -0.1) is 11.3 Å². The molecule has 21 heavy (non-hydrogen) atoms. The van der Waals surface area contributed by atoms with Gasteiger partial charge in [0.25, 0.3) is 0 Å². The summed E-state index contributed by atoms with van der Waals surface area (Å²) in [5, 5.41) is 3.08. The molecule has 0 aromatic carbocycles. The molecular weight excluding hydrogens is 294 g/mol. The minimum absolute atomic E-state index is 0.0120. The van der Waals surface area contributed by atoms with Crippen molar-refractivity contribution in [2.24, 2.45) is 0 Å². The van der Waals surface area contributed by atoms with Crippen LogP contribution in [0.1, 0.15) is 41.9 Å². The number of hydrogen-bond donors (Lipinski definition) is 1. The molecular formula is C14H19NO5S. The smallest absolute Gasteiger partial charge is 0.341 e. The number of thiophene rings is 1. The van der Waals surface area contributed by atoms with Crippen LogP contribution in [-0.4, -0.2) is 31.1 Å². The van der Waals surface area contributed by atoms with Crippen molar-refractivity contribution in [3.05, 3.63) is 16.5 Å².